The number of aliphatic imine (C=N–C) groups is 1. The summed E-state index contributed by atoms with van der Waals surface area (Å²) in [5.41, 5.74) is 6.78. The van der Waals surface area contributed by atoms with Crippen LogP contribution in [0.15, 0.2) is 17.4 Å². The molecule has 0 bridgehead atoms. The fourth-order valence-corrected chi connectivity index (χ4v) is 2.10. The Morgan fingerprint density at radius 1 is 1.50 bits per heavy atom. The van der Waals surface area contributed by atoms with Crippen LogP contribution >= 0.6 is 0 Å². The van der Waals surface area contributed by atoms with Crippen molar-refractivity contribution in [2.24, 2.45) is 10.7 Å². The summed E-state index contributed by atoms with van der Waals surface area (Å²) in [5.74, 6) is 0.358. The van der Waals surface area contributed by atoms with E-state index in [9.17, 15) is 4.79 Å². The first-order valence-corrected chi connectivity index (χ1v) is 6.23. The lowest BCUT2D eigenvalue weighted by molar-refractivity contribution is 0.206. The van der Waals surface area contributed by atoms with Crippen LogP contribution in [0.5, 0.6) is 0 Å². The van der Waals surface area contributed by atoms with Gasteiger partial charge in [0.25, 0.3) is 0 Å². The van der Waals surface area contributed by atoms with E-state index in [-0.39, 0.29) is 18.1 Å². The van der Waals surface area contributed by atoms with E-state index in [1.807, 2.05) is 17.8 Å². The van der Waals surface area contributed by atoms with Crippen LogP contribution in [-0.4, -0.2) is 33.1 Å². The van der Waals surface area contributed by atoms with Gasteiger partial charge in [-0.2, -0.15) is 10.1 Å². The predicted octanol–water partition coefficient (Wildman–Crippen LogP) is 1.71. The van der Waals surface area contributed by atoms with E-state index in [2.05, 4.69) is 23.9 Å². The van der Waals surface area contributed by atoms with Gasteiger partial charge in [-0.15, -0.1) is 0 Å². The Morgan fingerprint density at radius 2 is 2.22 bits per heavy atom. The Kier molecular flexibility index (Phi) is 3.36. The molecule has 1 aliphatic rings. The second kappa shape index (κ2) is 4.80. The molecule has 1 atom stereocenters. The summed E-state index contributed by atoms with van der Waals surface area (Å²) in [6.07, 6.45) is 4.57. The first-order chi connectivity index (χ1) is 8.54. The summed E-state index contributed by atoms with van der Waals surface area (Å²) < 4.78 is 1.86. The molecule has 0 aliphatic carbocycles. The van der Waals surface area contributed by atoms with Gasteiger partial charge < -0.3 is 10.6 Å². The summed E-state index contributed by atoms with van der Waals surface area (Å²) >= 11 is 0. The highest BCUT2D eigenvalue weighted by Crippen LogP contribution is 2.27. The number of hydrogen-bond acceptors (Lipinski definition) is 3. The van der Waals surface area contributed by atoms with Gasteiger partial charge in [0.15, 0.2) is 0 Å². The van der Waals surface area contributed by atoms with E-state index in [1.165, 1.54) is 0 Å². The van der Waals surface area contributed by atoms with Crippen LogP contribution in [0.4, 0.5) is 4.79 Å². The molecule has 1 unspecified atom stereocenters. The second-order valence-electron chi connectivity index (χ2n) is 4.76. The van der Waals surface area contributed by atoms with Crippen LogP contribution in [-0.2, 0) is 0 Å². The number of hydrogen-bond donors (Lipinski definition) is 1. The van der Waals surface area contributed by atoms with Crippen molar-refractivity contribution in [3.8, 4) is 0 Å². The number of nitrogens with two attached hydrogens (primary N) is 1. The number of amidine groups is 1. The summed E-state index contributed by atoms with van der Waals surface area (Å²) in [5, 5.41) is 4.28. The van der Waals surface area contributed by atoms with E-state index in [0.29, 0.717) is 12.4 Å². The third-order valence-electron chi connectivity index (χ3n) is 2.99. The minimum absolute atomic E-state index is 0.253. The Hall–Kier alpha value is -1.85. The Morgan fingerprint density at radius 3 is 2.78 bits per heavy atom. The normalized spacial score (nSPS) is 19.8. The Labute approximate surface area is 106 Å². The lowest BCUT2D eigenvalue weighted by atomic mass is 10.1. The fourth-order valence-electron chi connectivity index (χ4n) is 2.10. The molecule has 0 saturated heterocycles. The van der Waals surface area contributed by atoms with E-state index in [1.54, 1.807) is 11.1 Å². The first kappa shape index (κ1) is 12.6. The van der Waals surface area contributed by atoms with E-state index in [0.717, 1.165) is 12.0 Å². The minimum atomic E-state index is -0.259. The minimum Gasteiger partial charge on any atom is -0.385 e. The molecule has 0 fully saturated rings. The van der Waals surface area contributed by atoms with Crippen LogP contribution in [0.2, 0.25) is 0 Å². The molecule has 6 nitrogen and oxygen atoms in total. The van der Waals surface area contributed by atoms with Crippen molar-refractivity contribution in [1.82, 2.24) is 14.7 Å². The van der Waals surface area contributed by atoms with Crippen molar-refractivity contribution >= 4 is 11.9 Å². The highest BCUT2D eigenvalue weighted by atomic mass is 16.2. The first-order valence-electron chi connectivity index (χ1n) is 6.23. The average Bonchev–Trinajstić information content (AvgIpc) is 2.86. The maximum atomic E-state index is 11.7. The Bertz CT molecular complexity index is 477. The molecule has 0 spiro atoms. The van der Waals surface area contributed by atoms with E-state index >= 15 is 0 Å². The zero-order valence-electron chi connectivity index (χ0n) is 11.0. The summed E-state index contributed by atoms with van der Waals surface area (Å²) in [6.45, 7) is 6.78. The van der Waals surface area contributed by atoms with Crippen molar-refractivity contribution in [2.45, 2.75) is 39.3 Å². The van der Waals surface area contributed by atoms with Gasteiger partial charge in [0, 0.05) is 24.3 Å². The standard InChI is InChI=1S/C12H19N5O/c1-4-5-16-10(11(13)15-12(16)18)9-6-14-17(7-9)8(2)3/h6-8,10H,4-5H2,1-3H3,(H2,13,15,18). The van der Waals surface area contributed by atoms with Crippen molar-refractivity contribution in [1.29, 1.82) is 0 Å². The highest BCUT2D eigenvalue weighted by Gasteiger charge is 2.34. The molecule has 1 aromatic rings. The summed E-state index contributed by atoms with van der Waals surface area (Å²) in [6, 6.07) is -0.227. The van der Waals surface area contributed by atoms with Gasteiger partial charge in [-0.1, -0.05) is 6.92 Å². The lowest BCUT2D eigenvalue weighted by Crippen LogP contribution is -2.33. The maximum absolute atomic E-state index is 11.7. The third kappa shape index (κ3) is 2.10. The molecule has 0 radical (unpaired) electrons. The van der Waals surface area contributed by atoms with Gasteiger partial charge in [0.1, 0.15) is 11.9 Å². The average molecular weight is 249 g/mol. The SMILES string of the molecule is CCCN1C(=O)N=C(N)C1c1cnn(C(C)C)c1. The fraction of sp³-hybridized carbons (Fsp3) is 0.583. The molecule has 18 heavy (non-hydrogen) atoms. The number of nitrogens with zero attached hydrogens (tertiary/aromatic N) is 4. The zero-order chi connectivity index (χ0) is 13.3. The molecule has 2 heterocycles. The molecule has 0 saturated carbocycles. The molecule has 0 aromatic carbocycles. The smallest absolute Gasteiger partial charge is 0.346 e. The van der Waals surface area contributed by atoms with Crippen LogP contribution in [0.25, 0.3) is 0 Å². The van der Waals surface area contributed by atoms with E-state index < -0.39 is 0 Å². The van der Waals surface area contributed by atoms with Crippen molar-refractivity contribution < 1.29 is 4.79 Å². The quantitative estimate of drug-likeness (QED) is 0.882. The number of aromatic nitrogens is 2. The highest BCUT2D eigenvalue weighted by molar-refractivity contribution is 6.03. The molecular weight excluding hydrogens is 230 g/mol. The molecule has 6 heteroatoms. The van der Waals surface area contributed by atoms with Gasteiger partial charge in [-0.05, 0) is 20.3 Å². The monoisotopic (exact) mass is 249 g/mol. The van der Waals surface area contributed by atoms with Crippen LogP contribution in [0, 0.1) is 0 Å². The number of amides is 2. The predicted molar refractivity (Wildman–Crippen MR) is 69.4 cm³/mol. The molecule has 2 N–H and O–H groups in total. The topological polar surface area (TPSA) is 76.5 Å². The van der Waals surface area contributed by atoms with Gasteiger partial charge in [0.05, 0.1) is 6.20 Å². The summed E-state index contributed by atoms with van der Waals surface area (Å²) in [4.78, 5) is 17.3. The van der Waals surface area contributed by atoms with Crippen molar-refractivity contribution in [3.05, 3.63) is 18.0 Å². The maximum Gasteiger partial charge on any atom is 0.346 e. The Balaban J connectivity index is 2.29. The van der Waals surface area contributed by atoms with Crippen molar-refractivity contribution in [2.75, 3.05) is 6.54 Å². The zero-order valence-corrected chi connectivity index (χ0v) is 11.0. The summed E-state index contributed by atoms with van der Waals surface area (Å²) in [7, 11) is 0. The number of carbonyl (C=O) groups excluding carboxylic acids is 1. The number of rotatable bonds is 4. The van der Waals surface area contributed by atoms with Crippen LogP contribution < -0.4 is 5.73 Å². The van der Waals surface area contributed by atoms with E-state index in [4.69, 9.17) is 5.73 Å². The number of urea groups is 1. The molecule has 1 aromatic heterocycles. The van der Waals surface area contributed by atoms with Crippen molar-refractivity contribution in [3.63, 3.8) is 0 Å². The molecule has 98 valence electrons. The second-order valence-corrected chi connectivity index (χ2v) is 4.76. The van der Waals surface area contributed by atoms with Crippen LogP contribution in [0.3, 0.4) is 0 Å². The van der Waals surface area contributed by atoms with Gasteiger partial charge >= 0.3 is 6.03 Å². The molecule has 2 rings (SSSR count). The lowest BCUT2D eigenvalue weighted by Gasteiger charge is -2.22. The number of carbonyl (C=O) groups is 1. The van der Waals surface area contributed by atoms with Gasteiger partial charge in [-0.25, -0.2) is 4.79 Å². The largest absolute Gasteiger partial charge is 0.385 e. The van der Waals surface area contributed by atoms with Crippen LogP contribution in [0.1, 0.15) is 44.8 Å². The van der Waals surface area contributed by atoms with Gasteiger partial charge in [-0.3, -0.25) is 4.68 Å². The third-order valence-corrected chi connectivity index (χ3v) is 2.99. The molecule has 1 aliphatic heterocycles. The molecule has 2 amide bonds. The molecular formula is C12H19N5O. The van der Waals surface area contributed by atoms with Gasteiger partial charge in [0.2, 0.25) is 0 Å².